The second-order valence-corrected chi connectivity index (χ2v) is 4.34. The molecular formula is C17H23N. The Morgan fingerprint density at radius 1 is 1.28 bits per heavy atom. The lowest BCUT2D eigenvalue weighted by Gasteiger charge is -2.03. The van der Waals surface area contributed by atoms with Gasteiger partial charge in [0.15, 0.2) is 0 Å². The summed E-state index contributed by atoms with van der Waals surface area (Å²) in [7, 11) is 0. The maximum atomic E-state index is 3.73. The van der Waals surface area contributed by atoms with E-state index >= 15 is 0 Å². The van der Waals surface area contributed by atoms with Crippen molar-refractivity contribution < 1.29 is 0 Å². The minimum atomic E-state index is 1.09. The zero-order valence-electron chi connectivity index (χ0n) is 11.7. The minimum absolute atomic E-state index is 1.09. The molecule has 1 aromatic rings. The number of rotatable bonds is 6. The average Bonchev–Trinajstić information content (AvgIpc) is 2.84. The molecule has 0 unspecified atom stereocenters. The number of hydrogen-bond donors (Lipinski definition) is 1. The second kappa shape index (κ2) is 7.54. The number of H-pyrrole nitrogens is 1. The van der Waals surface area contributed by atoms with Crippen molar-refractivity contribution in [3.05, 3.63) is 60.5 Å². The van der Waals surface area contributed by atoms with Gasteiger partial charge in [0, 0.05) is 11.4 Å². The molecule has 1 heterocycles. The van der Waals surface area contributed by atoms with Gasteiger partial charge in [-0.1, -0.05) is 50.3 Å². The lowest BCUT2D eigenvalue weighted by Crippen LogP contribution is -1.86. The molecule has 0 atom stereocenters. The first-order valence-electron chi connectivity index (χ1n) is 6.53. The molecule has 0 saturated carbocycles. The van der Waals surface area contributed by atoms with E-state index in [-0.39, 0.29) is 0 Å². The summed E-state index contributed by atoms with van der Waals surface area (Å²) < 4.78 is 0. The summed E-state index contributed by atoms with van der Waals surface area (Å²) >= 11 is 0. The Hall–Kier alpha value is -1.76. The predicted octanol–water partition coefficient (Wildman–Crippen LogP) is 5.36. The fourth-order valence-corrected chi connectivity index (χ4v) is 1.87. The molecule has 0 aliphatic carbocycles. The van der Waals surface area contributed by atoms with Gasteiger partial charge in [-0.2, -0.15) is 0 Å². The normalized spacial score (nSPS) is 13.3. The van der Waals surface area contributed by atoms with E-state index in [0.717, 1.165) is 18.5 Å². The lowest BCUT2D eigenvalue weighted by molar-refractivity contribution is 0.967. The van der Waals surface area contributed by atoms with Crippen LogP contribution in [0.25, 0.3) is 11.1 Å². The van der Waals surface area contributed by atoms with Crippen molar-refractivity contribution in [3.8, 4) is 0 Å². The van der Waals surface area contributed by atoms with Crippen LogP contribution in [0.2, 0.25) is 0 Å². The van der Waals surface area contributed by atoms with Crippen molar-refractivity contribution in [3.63, 3.8) is 0 Å². The highest BCUT2D eigenvalue weighted by atomic mass is 14.7. The molecule has 1 heteroatoms. The van der Waals surface area contributed by atoms with Crippen molar-refractivity contribution in [2.75, 3.05) is 0 Å². The fourth-order valence-electron chi connectivity index (χ4n) is 1.87. The van der Waals surface area contributed by atoms with E-state index in [1.54, 1.807) is 0 Å². The van der Waals surface area contributed by atoms with Gasteiger partial charge < -0.3 is 4.98 Å². The minimum Gasteiger partial charge on any atom is -0.355 e. The maximum Gasteiger partial charge on any atom is 0.0417 e. The molecule has 96 valence electrons. The van der Waals surface area contributed by atoms with Gasteiger partial charge in [0.05, 0.1) is 0 Å². The van der Waals surface area contributed by atoms with Crippen LogP contribution in [0, 0.1) is 0 Å². The SMILES string of the molecule is C=C/C=C(\C)c1ccc(/C(=C/C=C\C)CCC)[nH]1. The Labute approximate surface area is 111 Å². The van der Waals surface area contributed by atoms with E-state index in [1.807, 2.05) is 19.1 Å². The van der Waals surface area contributed by atoms with Gasteiger partial charge in [-0.05, 0) is 43.5 Å². The fraction of sp³-hybridized carbons (Fsp3) is 0.294. The van der Waals surface area contributed by atoms with E-state index in [2.05, 4.69) is 55.8 Å². The molecule has 1 rings (SSSR count). The molecular weight excluding hydrogens is 218 g/mol. The van der Waals surface area contributed by atoms with E-state index in [4.69, 9.17) is 0 Å². The standard InChI is InChI=1S/C17H23N/c1-5-8-11-15(10-7-3)17-13-12-16(18-17)14(4)9-6-2/h5-6,8-9,11-13,18H,2,7,10H2,1,3-4H3/b8-5-,14-9+,15-11+. The molecule has 1 nitrogen and oxygen atoms in total. The summed E-state index contributed by atoms with van der Waals surface area (Å²) in [5.74, 6) is 0. The first-order chi connectivity index (χ1) is 8.72. The molecule has 0 fully saturated rings. The maximum absolute atomic E-state index is 3.73. The van der Waals surface area contributed by atoms with Crippen molar-refractivity contribution in [2.24, 2.45) is 0 Å². The Kier molecular flexibility index (Phi) is 5.99. The van der Waals surface area contributed by atoms with Crippen LogP contribution in [-0.2, 0) is 0 Å². The second-order valence-electron chi connectivity index (χ2n) is 4.34. The van der Waals surface area contributed by atoms with Crippen molar-refractivity contribution >= 4 is 11.1 Å². The largest absolute Gasteiger partial charge is 0.355 e. The molecule has 0 bridgehead atoms. The summed E-state index contributed by atoms with van der Waals surface area (Å²) in [4.78, 5) is 3.47. The third-order valence-corrected chi connectivity index (χ3v) is 2.83. The van der Waals surface area contributed by atoms with Crippen molar-refractivity contribution in [2.45, 2.75) is 33.6 Å². The van der Waals surface area contributed by atoms with Gasteiger partial charge in [-0.25, -0.2) is 0 Å². The Morgan fingerprint density at radius 2 is 2.00 bits per heavy atom. The van der Waals surface area contributed by atoms with Crippen molar-refractivity contribution in [1.82, 2.24) is 4.98 Å². The quantitative estimate of drug-likeness (QED) is 0.645. The third-order valence-electron chi connectivity index (χ3n) is 2.83. The van der Waals surface area contributed by atoms with Crippen LogP contribution in [0.15, 0.2) is 49.1 Å². The Morgan fingerprint density at radius 3 is 2.61 bits per heavy atom. The topological polar surface area (TPSA) is 15.8 Å². The van der Waals surface area contributed by atoms with Crippen LogP contribution in [0.1, 0.15) is 45.0 Å². The zero-order valence-corrected chi connectivity index (χ0v) is 11.7. The first kappa shape index (κ1) is 14.3. The van der Waals surface area contributed by atoms with Gasteiger partial charge in [0.25, 0.3) is 0 Å². The molecule has 0 aliphatic heterocycles. The zero-order chi connectivity index (χ0) is 13.4. The average molecular weight is 241 g/mol. The van der Waals surface area contributed by atoms with Gasteiger partial charge in [0.1, 0.15) is 0 Å². The molecule has 0 aliphatic rings. The first-order valence-corrected chi connectivity index (χ1v) is 6.53. The molecule has 0 aromatic carbocycles. The molecule has 0 saturated heterocycles. The third kappa shape index (κ3) is 3.92. The van der Waals surface area contributed by atoms with Crippen LogP contribution in [-0.4, -0.2) is 4.98 Å². The molecule has 0 spiro atoms. The van der Waals surface area contributed by atoms with E-state index in [9.17, 15) is 0 Å². The molecule has 0 radical (unpaired) electrons. The van der Waals surface area contributed by atoms with Gasteiger partial charge in [0.2, 0.25) is 0 Å². The Balaban J connectivity index is 3.01. The Bertz CT molecular complexity index is 470. The molecule has 1 N–H and O–H groups in total. The lowest BCUT2D eigenvalue weighted by atomic mass is 10.1. The summed E-state index contributed by atoms with van der Waals surface area (Å²) in [6.07, 6.45) is 12.4. The summed E-state index contributed by atoms with van der Waals surface area (Å²) in [5, 5.41) is 0. The van der Waals surface area contributed by atoms with Gasteiger partial charge >= 0.3 is 0 Å². The van der Waals surface area contributed by atoms with Crippen molar-refractivity contribution in [1.29, 1.82) is 0 Å². The summed E-state index contributed by atoms with van der Waals surface area (Å²) in [5.41, 5.74) is 4.93. The monoisotopic (exact) mass is 241 g/mol. The van der Waals surface area contributed by atoms with Crippen LogP contribution in [0.3, 0.4) is 0 Å². The number of hydrogen-bond acceptors (Lipinski definition) is 0. The van der Waals surface area contributed by atoms with Gasteiger partial charge in [-0.15, -0.1) is 0 Å². The van der Waals surface area contributed by atoms with E-state index in [0.29, 0.717) is 0 Å². The van der Waals surface area contributed by atoms with E-state index in [1.165, 1.54) is 16.8 Å². The number of aromatic nitrogens is 1. The number of allylic oxidation sites excluding steroid dienone is 7. The van der Waals surface area contributed by atoms with Crippen LogP contribution < -0.4 is 0 Å². The van der Waals surface area contributed by atoms with E-state index < -0.39 is 0 Å². The smallest absolute Gasteiger partial charge is 0.0417 e. The summed E-state index contributed by atoms with van der Waals surface area (Å²) in [6.45, 7) is 10.1. The molecule has 0 amide bonds. The summed E-state index contributed by atoms with van der Waals surface area (Å²) in [6, 6.07) is 4.28. The highest BCUT2D eigenvalue weighted by molar-refractivity contribution is 5.69. The highest BCUT2D eigenvalue weighted by Crippen LogP contribution is 2.22. The van der Waals surface area contributed by atoms with Gasteiger partial charge in [-0.3, -0.25) is 0 Å². The number of nitrogens with one attached hydrogen (secondary N) is 1. The van der Waals surface area contributed by atoms with Crippen LogP contribution in [0.4, 0.5) is 0 Å². The molecule has 18 heavy (non-hydrogen) atoms. The van der Waals surface area contributed by atoms with Crippen LogP contribution in [0.5, 0.6) is 0 Å². The number of aromatic amines is 1. The highest BCUT2D eigenvalue weighted by Gasteiger charge is 2.04. The predicted molar refractivity (Wildman–Crippen MR) is 82.3 cm³/mol. The van der Waals surface area contributed by atoms with Crippen LogP contribution >= 0.6 is 0 Å². The molecule has 1 aromatic heterocycles.